The molecule has 41 heavy (non-hydrogen) atoms. The van der Waals surface area contributed by atoms with Gasteiger partial charge in [-0.15, -0.1) is 0 Å². The Kier molecular flexibility index (Phi) is 7.27. The van der Waals surface area contributed by atoms with Gasteiger partial charge in [-0.1, -0.05) is 82.6 Å². The van der Waals surface area contributed by atoms with Gasteiger partial charge in [-0.25, -0.2) is 0 Å². The van der Waals surface area contributed by atoms with E-state index >= 15 is 0 Å². The molecule has 2 aliphatic rings. The second-order valence-electron chi connectivity index (χ2n) is 12.8. The van der Waals surface area contributed by atoms with Gasteiger partial charge in [0.2, 0.25) is 11.8 Å². The number of hydrogen-bond donors (Lipinski definition) is 0. The van der Waals surface area contributed by atoms with E-state index in [9.17, 15) is 14.4 Å². The minimum atomic E-state index is -0.820. The molecule has 0 bridgehead atoms. The number of carbonyl (C=O) groups is 3. The summed E-state index contributed by atoms with van der Waals surface area (Å²) in [5.41, 5.74) is 3.41. The Hall–Kier alpha value is -3.64. The largest absolute Gasteiger partial charge is 0.345 e. The quantitative estimate of drug-likeness (QED) is 0.341. The molecule has 1 saturated heterocycles. The highest BCUT2D eigenvalue weighted by Crippen LogP contribution is 2.55. The number of halogens is 1. The first-order chi connectivity index (χ1) is 19.3. The second kappa shape index (κ2) is 10.3. The van der Waals surface area contributed by atoms with Crippen molar-refractivity contribution in [2.24, 2.45) is 11.3 Å². The zero-order chi connectivity index (χ0) is 29.9. The molecule has 6 nitrogen and oxygen atoms in total. The van der Waals surface area contributed by atoms with E-state index in [-0.39, 0.29) is 29.7 Å². The summed E-state index contributed by atoms with van der Waals surface area (Å²) in [6.07, 6.45) is 0.584. The fourth-order valence-electron chi connectivity index (χ4n) is 6.62. The van der Waals surface area contributed by atoms with Gasteiger partial charge in [0.25, 0.3) is 5.91 Å². The first-order valence-corrected chi connectivity index (χ1v) is 14.5. The lowest BCUT2D eigenvalue weighted by Crippen LogP contribution is -2.54. The second-order valence-corrected chi connectivity index (χ2v) is 13.2. The average molecular weight is 572 g/mol. The Bertz CT molecular complexity index is 1540. The van der Waals surface area contributed by atoms with E-state index in [4.69, 9.17) is 11.6 Å². The topological polar surface area (TPSA) is 60.9 Å². The summed E-state index contributed by atoms with van der Waals surface area (Å²) in [4.78, 5) is 46.1. The summed E-state index contributed by atoms with van der Waals surface area (Å²) in [5, 5.41) is 0.377. The Morgan fingerprint density at radius 1 is 0.976 bits per heavy atom. The molecule has 0 unspecified atom stereocenters. The first-order valence-electron chi connectivity index (χ1n) is 14.2. The summed E-state index contributed by atoms with van der Waals surface area (Å²) in [6, 6.07) is 21.0. The van der Waals surface area contributed by atoms with Crippen LogP contribution in [-0.2, 0) is 15.0 Å². The highest BCUT2D eigenvalue weighted by molar-refractivity contribution is 6.34. The number of hydrogen-bond acceptors (Lipinski definition) is 3. The molecule has 3 aromatic carbocycles. The Morgan fingerprint density at radius 3 is 2.29 bits per heavy atom. The van der Waals surface area contributed by atoms with Crippen LogP contribution < -0.4 is 4.90 Å². The number of nitrogens with zero attached hydrogens (tertiary/aromatic N) is 3. The zero-order valence-electron chi connectivity index (χ0n) is 24.9. The minimum Gasteiger partial charge on any atom is -0.345 e. The van der Waals surface area contributed by atoms with Crippen LogP contribution in [0.5, 0.6) is 0 Å². The highest BCUT2D eigenvalue weighted by Gasteiger charge is 2.62. The van der Waals surface area contributed by atoms with E-state index in [1.54, 1.807) is 26.2 Å². The van der Waals surface area contributed by atoms with Gasteiger partial charge in [0, 0.05) is 31.7 Å². The Labute approximate surface area is 247 Å². The van der Waals surface area contributed by atoms with Gasteiger partial charge in [-0.05, 0) is 59.4 Å². The number of para-hydroxylation sites is 1. The van der Waals surface area contributed by atoms with E-state index in [1.165, 1.54) is 4.90 Å². The number of likely N-dealkylation sites (tertiary alicyclic amines) is 1. The van der Waals surface area contributed by atoms with Crippen LogP contribution in [-0.4, -0.2) is 54.2 Å². The molecule has 0 aromatic heterocycles. The number of carbonyl (C=O) groups excluding carboxylic acids is 3. The lowest BCUT2D eigenvalue weighted by molar-refractivity contribution is -0.142. The number of anilines is 2. The number of benzene rings is 3. The van der Waals surface area contributed by atoms with E-state index in [1.807, 2.05) is 79.1 Å². The van der Waals surface area contributed by atoms with Gasteiger partial charge < -0.3 is 9.80 Å². The summed E-state index contributed by atoms with van der Waals surface area (Å²) in [5.74, 6) is 0.00310. The van der Waals surface area contributed by atoms with E-state index in [0.717, 1.165) is 28.1 Å². The zero-order valence-corrected chi connectivity index (χ0v) is 25.6. The van der Waals surface area contributed by atoms with Crippen molar-refractivity contribution < 1.29 is 14.4 Å². The Morgan fingerprint density at radius 2 is 1.66 bits per heavy atom. The van der Waals surface area contributed by atoms with Gasteiger partial charge in [-0.2, -0.15) is 0 Å². The van der Waals surface area contributed by atoms with Crippen LogP contribution in [0.25, 0.3) is 11.1 Å². The molecular weight excluding hydrogens is 534 g/mol. The van der Waals surface area contributed by atoms with Crippen molar-refractivity contribution in [2.75, 3.05) is 25.5 Å². The van der Waals surface area contributed by atoms with Gasteiger partial charge in [-0.3, -0.25) is 19.3 Å². The molecule has 1 fully saturated rings. The van der Waals surface area contributed by atoms with Crippen molar-refractivity contribution in [3.05, 3.63) is 82.9 Å². The van der Waals surface area contributed by atoms with Crippen molar-refractivity contribution in [3.63, 3.8) is 0 Å². The third-order valence-corrected chi connectivity index (χ3v) is 8.69. The van der Waals surface area contributed by atoms with Crippen LogP contribution in [0.4, 0.5) is 11.4 Å². The summed E-state index contributed by atoms with van der Waals surface area (Å²) in [7, 11) is 3.39. The van der Waals surface area contributed by atoms with Crippen LogP contribution in [0.15, 0.2) is 66.7 Å². The monoisotopic (exact) mass is 571 g/mol. The number of rotatable bonds is 4. The van der Waals surface area contributed by atoms with Crippen LogP contribution >= 0.6 is 11.6 Å². The molecule has 2 aliphatic heterocycles. The maximum Gasteiger partial charge on any atom is 0.254 e. The van der Waals surface area contributed by atoms with Gasteiger partial charge in [0.05, 0.1) is 27.7 Å². The molecule has 1 spiro atoms. The molecule has 7 heteroatoms. The standard InChI is InChI=1S/C34H38ClN3O3/c1-21(2)29-34(17-18-37(29)31(40)33(3,4)5)26-13-8-9-14-28(26)38(32(34)41)24-12-10-11-22(19-24)23-15-16-25(27(35)20-23)30(39)36(6)7/h8-16,19-21,29H,17-18H2,1-7H3/t29-,34-/m0/s1. The van der Waals surface area contributed by atoms with Gasteiger partial charge in [0.15, 0.2) is 0 Å². The highest BCUT2D eigenvalue weighted by atomic mass is 35.5. The smallest absolute Gasteiger partial charge is 0.254 e. The molecule has 3 aromatic rings. The summed E-state index contributed by atoms with van der Waals surface area (Å²) >= 11 is 6.53. The third-order valence-electron chi connectivity index (χ3n) is 8.38. The van der Waals surface area contributed by atoms with Crippen LogP contribution in [0.2, 0.25) is 5.02 Å². The van der Waals surface area contributed by atoms with Crippen molar-refractivity contribution in [2.45, 2.75) is 52.5 Å². The Balaban J connectivity index is 1.58. The van der Waals surface area contributed by atoms with E-state index < -0.39 is 10.8 Å². The summed E-state index contributed by atoms with van der Waals surface area (Å²) in [6.45, 7) is 10.6. The molecule has 0 aliphatic carbocycles. The molecule has 0 radical (unpaired) electrons. The first kappa shape index (κ1) is 28.9. The molecule has 0 saturated carbocycles. The number of amides is 3. The minimum absolute atomic E-state index is 0.00344. The molecule has 2 atom stereocenters. The van der Waals surface area contributed by atoms with Crippen molar-refractivity contribution >= 4 is 40.7 Å². The molecular formula is C34H38ClN3O3. The van der Waals surface area contributed by atoms with Crippen molar-refractivity contribution in [1.82, 2.24) is 9.80 Å². The number of fused-ring (bicyclic) bond motifs is 2. The SMILES string of the molecule is CC(C)[C@@H]1N(C(=O)C(C)(C)C)CC[C@@]12C(=O)N(c1cccc(-c3ccc(C(=O)N(C)C)c(Cl)c3)c1)c1ccccc12. The van der Waals surface area contributed by atoms with Gasteiger partial charge >= 0.3 is 0 Å². The van der Waals surface area contributed by atoms with Crippen LogP contribution in [0.3, 0.4) is 0 Å². The third kappa shape index (κ3) is 4.62. The predicted molar refractivity (Wildman–Crippen MR) is 165 cm³/mol. The molecule has 3 amide bonds. The summed E-state index contributed by atoms with van der Waals surface area (Å²) < 4.78 is 0. The van der Waals surface area contributed by atoms with Crippen molar-refractivity contribution in [1.29, 1.82) is 0 Å². The molecule has 5 rings (SSSR count). The molecule has 214 valence electrons. The predicted octanol–water partition coefficient (Wildman–Crippen LogP) is 6.93. The van der Waals surface area contributed by atoms with E-state index in [2.05, 4.69) is 19.9 Å². The lowest BCUT2D eigenvalue weighted by Gasteiger charge is -2.39. The molecule has 2 heterocycles. The fraction of sp³-hybridized carbons (Fsp3) is 0.382. The molecule has 0 N–H and O–H groups in total. The maximum atomic E-state index is 14.7. The van der Waals surface area contributed by atoms with E-state index in [0.29, 0.717) is 23.6 Å². The maximum absolute atomic E-state index is 14.7. The normalized spacial score (nSPS) is 20.2. The van der Waals surface area contributed by atoms with Crippen LogP contribution in [0, 0.1) is 11.3 Å². The van der Waals surface area contributed by atoms with Gasteiger partial charge in [0.1, 0.15) is 0 Å². The van der Waals surface area contributed by atoms with Crippen LogP contribution in [0.1, 0.15) is 57.0 Å². The van der Waals surface area contributed by atoms with Crippen molar-refractivity contribution in [3.8, 4) is 11.1 Å². The average Bonchev–Trinajstić information content (AvgIpc) is 3.44. The lowest BCUT2D eigenvalue weighted by atomic mass is 9.71. The fourth-order valence-corrected chi connectivity index (χ4v) is 6.89.